The molecule has 0 aromatic heterocycles. The number of carbonyl (C=O) groups is 1. The van der Waals surface area contributed by atoms with Gasteiger partial charge in [-0.2, -0.15) is 0 Å². The van der Waals surface area contributed by atoms with Crippen molar-refractivity contribution in [2.24, 2.45) is 9.98 Å². The molecule has 4 N–H and O–H groups in total. The first kappa shape index (κ1) is 18.0. The average Bonchev–Trinajstić information content (AvgIpc) is 3.35. The average molecular weight is 376 g/mol. The molecule has 2 amide bonds. The van der Waals surface area contributed by atoms with Gasteiger partial charge in [0.15, 0.2) is 0 Å². The van der Waals surface area contributed by atoms with Gasteiger partial charge in [-0.3, -0.25) is 9.98 Å². The number of nitrogens with one attached hydrogen (secondary N) is 4. The molecule has 0 spiro atoms. The van der Waals surface area contributed by atoms with Crippen molar-refractivity contribution in [3.63, 3.8) is 0 Å². The molecule has 7 nitrogen and oxygen atoms in total. The third-order valence-corrected chi connectivity index (χ3v) is 4.57. The zero-order valence-electron chi connectivity index (χ0n) is 16.1. The molecule has 0 saturated carbocycles. The number of amides is 2. The first-order chi connectivity index (χ1) is 13.6. The van der Waals surface area contributed by atoms with Gasteiger partial charge in [0.05, 0.1) is 13.1 Å². The molecule has 2 heterocycles. The third-order valence-electron chi connectivity index (χ3n) is 4.57. The minimum Gasteiger partial charge on any atom is -0.368 e. The van der Waals surface area contributed by atoms with Crippen LogP contribution in [0, 0.1) is 13.8 Å². The monoisotopic (exact) mass is 376 g/mol. The number of rotatable bonds is 4. The number of urea groups is 1. The summed E-state index contributed by atoms with van der Waals surface area (Å²) in [6, 6.07) is 11.6. The number of amidine groups is 2. The molecule has 0 atom stereocenters. The van der Waals surface area contributed by atoms with Crippen molar-refractivity contribution in [1.29, 1.82) is 0 Å². The normalized spacial score (nSPS) is 15.4. The summed E-state index contributed by atoms with van der Waals surface area (Å²) in [5.74, 6) is 1.75. The second-order valence-electron chi connectivity index (χ2n) is 7.07. The lowest BCUT2D eigenvalue weighted by Gasteiger charge is -2.12. The number of hydrogen-bond acceptors (Lipinski definition) is 5. The van der Waals surface area contributed by atoms with Crippen LogP contribution in [0.15, 0.2) is 46.4 Å². The van der Waals surface area contributed by atoms with E-state index in [2.05, 4.69) is 43.4 Å². The maximum Gasteiger partial charge on any atom is 0.323 e. The van der Waals surface area contributed by atoms with Crippen LogP contribution < -0.4 is 21.3 Å². The molecule has 0 fully saturated rings. The Balaban J connectivity index is 1.49. The Morgan fingerprint density at radius 2 is 1.25 bits per heavy atom. The second-order valence-corrected chi connectivity index (χ2v) is 7.07. The Labute approximate surface area is 164 Å². The quantitative estimate of drug-likeness (QED) is 0.661. The molecule has 2 aromatic rings. The summed E-state index contributed by atoms with van der Waals surface area (Å²) in [4.78, 5) is 21.5. The van der Waals surface area contributed by atoms with E-state index in [0.29, 0.717) is 0 Å². The molecule has 0 radical (unpaired) electrons. The van der Waals surface area contributed by atoms with Crippen LogP contribution >= 0.6 is 0 Å². The molecule has 28 heavy (non-hydrogen) atoms. The molecule has 2 aliphatic rings. The zero-order valence-corrected chi connectivity index (χ0v) is 16.1. The molecule has 2 aromatic carbocycles. The summed E-state index contributed by atoms with van der Waals surface area (Å²) in [6.45, 7) is 7.27. The first-order valence-electron chi connectivity index (χ1n) is 9.46. The predicted molar refractivity (Wildman–Crippen MR) is 114 cm³/mol. The van der Waals surface area contributed by atoms with Gasteiger partial charge in [0.2, 0.25) is 0 Å². The van der Waals surface area contributed by atoms with Crippen LogP contribution in [0.2, 0.25) is 0 Å². The highest BCUT2D eigenvalue weighted by Crippen LogP contribution is 2.18. The van der Waals surface area contributed by atoms with Crippen molar-refractivity contribution in [2.75, 3.05) is 36.8 Å². The predicted octanol–water partition coefficient (Wildman–Crippen LogP) is 2.65. The van der Waals surface area contributed by atoms with Crippen molar-refractivity contribution in [1.82, 2.24) is 10.6 Å². The topological polar surface area (TPSA) is 89.9 Å². The summed E-state index contributed by atoms with van der Waals surface area (Å²) in [5.41, 5.74) is 5.56. The van der Waals surface area contributed by atoms with E-state index in [1.807, 2.05) is 38.1 Å². The summed E-state index contributed by atoms with van der Waals surface area (Å²) in [6.07, 6.45) is 0. The van der Waals surface area contributed by atoms with E-state index in [9.17, 15) is 4.79 Å². The standard InChI is InChI=1S/C21H24N6O/c1-13-7-15(19-22-3-4-23-19)11-17(9-13)26-21(28)27-18-10-14(2)8-16(12-18)20-24-5-6-25-20/h7-12H,3-6H2,1-2H3,(H,22,23)(H,24,25)(H2,26,27,28). The van der Waals surface area contributed by atoms with Crippen molar-refractivity contribution in [3.05, 3.63) is 58.7 Å². The maximum atomic E-state index is 12.6. The lowest BCUT2D eigenvalue weighted by molar-refractivity contribution is 0.262. The Morgan fingerprint density at radius 3 is 1.64 bits per heavy atom. The van der Waals surface area contributed by atoms with Crippen LogP contribution in [0.3, 0.4) is 0 Å². The van der Waals surface area contributed by atoms with Gasteiger partial charge in [-0.05, 0) is 61.4 Å². The molecule has 0 bridgehead atoms. The number of anilines is 2. The van der Waals surface area contributed by atoms with Crippen LogP contribution in [-0.4, -0.2) is 43.9 Å². The van der Waals surface area contributed by atoms with Crippen LogP contribution in [0.1, 0.15) is 22.3 Å². The molecular weight excluding hydrogens is 352 g/mol. The Kier molecular flexibility index (Phi) is 4.97. The van der Waals surface area contributed by atoms with E-state index < -0.39 is 0 Å². The van der Waals surface area contributed by atoms with Gasteiger partial charge in [-0.25, -0.2) is 4.79 Å². The molecule has 7 heteroatoms. The van der Waals surface area contributed by atoms with Gasteiger partial charge in [0.25, 0.3) is 0 Å². The van der Waals surface area contributed by atoms with Crippen molar-refractivity contribution < 1.29 is 4.79 Å². The molecule has 0 saturated heterocycles. The lowest BCUT2D eigenvalue weighted by Crippen LogP contribution is -2.22. The number of nitrogens with zero attached hydrogens (tertiary/aromatic N) is 2. The van der Waals surface area contributed by atoms with Gasteiger partial charge >= 0.3 is 6.03 Å². The Morgan fingerprint density at radius 1 is 0.786 bits per heavy atom. The van der Waals surface area contributed by atoms with Crippen molar-refractivity contribution in [2.45, 2.75) is 13.8 Å². The maximum absolute atomic E-state index is 12.6. The van der Waals surface area contributed by atoms with E-state index in [1.165, 1.54) is 0 Å². The van der Waals surface area contributed by atoms with Crippen LogP contribution in [-0.2, 0) is 0 Å². The number of hydrogen-bond donors (Lipinski definition) is 4. The summed E-state index contributed by atoms with van der Waals surface area (Å²) >= 11 is 0. The fourth-order valence-corrected chi connectivity index (χ4v) is 3.46. The molecule has 2 aliphatic heterocycles. The Bertz CT molecular complexity index is 901. The van der Waals surface area contributed by atoms with E-state index >= 15 is 0 Å². The van der Waals surface area contributed by atoms with E-state index in [1.54, 1.807) is 0 Å². The fourth-order valence-electron chi connectivity index (χ4n) is 3.46. The first-order valence-corrected chi connectivity index (χ1v) is 9.46. The van der Waals surface area contributed by atoms with E-state index in [4.69, 9.17) is 0 Å². The smallest absolute Gasteiger partial charge is 0.323 e. The summed E-state index contributed by atoms with van der Waals surface area (Å²) in [5, 5.41) is 12.4. The summed E-state index contributed by atoms with van der Waals surface area (Å²) < 4.78 is 0. The highest BCUT2D eigenvalue weighted by atomic mass is 16.2. The van der Waals surface area contributed by atoms with Gasteiger partial charge in [-0.15, -0.1) is 0 Å². The van der Waals surface area contributed by atoms with Gasteiger partial charge in [0.1, 0.15) is 11.7 Å². The number of benzene rings is 2. The number of aliphatic imine (C=N–C) groups is 2. The van der Waals surface area contributed by atoms with Crippen LogP contribution in [0.4, 0.5) is 16.2 Å². The molecule has 144 valence electrons. The van der Waals surface area contributed by atoms with Crippen molar-refractivity contribution >= 4 is 29.1 Å². The molecule has 0 unspecified atom stereocenters. The minimum atomic E-state index is -0.282. The van der Waals surface area contributed by atoms with Crippen LogP contribution in [0.25, 0.3) is 0 Å². The Hall–Kier alpha value is -3.35. The molecular formula is C21H24N6O. The zero-order chi connectivity index (χ0) is 19.5. The largest absolute Gasteiger partial charge is 0.368 e. The number of aryl methyl sites for hydroxylation is 2. The minimum absolute atomic E-state index is 0.282. The van der Waals surface area contributed by atoms with Gasteiger partial charge < -0.3 is 21.3 Å². The summed E-state index contributed by atoms with van der Waals surface area (Å²) in [7, 11) is 0. The lowest BCUT2D eigenvalue weighted by atomic mass is 10.1. The van der Waals surface area contributed by atoms with Crippen molar-refractivity contribution in [3.8, 4) is 0 Å². The SMILES string of the molecule is Cc1cc(NC(=O)Nc2cc(C)cc(C3=NCCN3)c2)cc(C2=NCCN2)c1. The van der Waals surface area contributed by atoms with E-state index in [-0.39, 0.29) is 6.03 Å². The number of carbonyl (C=O) groups excluding carboxylic acids is 1. The highest BCUT2D eigenvalue weighted by Gasteiger charge is 2.13. The molecule has 0 aliphatic carbocycles. The van der Waals surface area contributed by atoms with Gasteiger partial charge in [-0.1, -0.05) is 0 Å². The van der Waals surface area contributed by atoms with Gasteiger partial charge in [0, 0.05) is 35.6 Å². The fraction of sp³-hybridized carbons (Fsp3) is 0.286. The second kappa shape index (κ2) is 7.72. The van der Waals surface area contributed by atoms with E-state index in [0.717, 1.165) is 71.5 Å². The highest BCUT2D eigenvalue weighted by molar-refractivity contribution is 6.05. The third kappa shape index (κ3) is 4.14. The van der Waals surface area contributed by atoms with Crippen LogP contribution in [0.5, 0.6) is 0 Å². The molecule has 4 rings (SSSR count).